The van der Waals surface area contributed by atoms with Crippen LogP contribution in [0.5, 0.6) is 0 Å². The minimum atomic E-state index is -0.153. The maximum atomic E-state index is 13.0. The number of H-pyrrole nitrogens is 1. The zero-order chi connectivity index (χ0) is 16.8. The molecule has 1 aromatic carbocycles. The molecule has 3 aromatic rings. The summed E-state index contributed by atoms with van der Waals surface area (Å²) in [5, 5.41) is 0.969. The van der Waals surface area contributed by atoms with Crippen LogP contribution in [0.2, 0.25) is 0 Å². The van der Waals surface area contributed by atoms with E-state index < -0.39 is 0 Å². The third-order valence-electron chi connectivity index (χ3n) is 5.48. The van der Waals surface area contributed by atoms with Crippen molar-refractivity contribution in [3.63, 3.8) is 0 Å². The molecule has 25 heavy (non-hydrogen) atoms. The summed E-state index contributed by atoms with van der Waals surface area (Å²) >= 11 is 1.67. The number of benzene rings is 1. The molecule has 3 heterocycles. The van der Waals surface area contributed by atoms with Gasteiger partial charge in [-0.1, -0.05) is 18.6 Å². The maximum absolute atomic E-state index is 13.0. The van der Waals surface area contributed by atoms with Gasteiger partial charge in [0.05, 0.1) is 22.2 Å². The third kappa shape index (κ3) is 2.56. The van der Waals surface area contributed by atoms with Gasteiger partial charge in [-0.3, -0.25) is 4.79 Å². The van der Waals surface area contributed by atoms with Crippen molar-refractivity contribution in [2.45, 2.75) is 38.1 Å². The van der Waals surface area contributed by atoms with Crippen LogP contribution < -0.4 is 0 Å². The summed E-state index contributed by atoms with van der Waals surface area (Å²) in [5.74, 6) is 0.826. The van der Waals surface area contributed by atoms with E-state index in [0.717, 1.165) is 39.6 Å². The van der Waals surface area contributed by atoms with Gasteiger partial charge in [-0.25, -0.2) is 9.97 Å². The van der Waals surface area contributed by atoms with Crippen LogP contribution in [0.4, 0.5) is 0 Å². The highest BCUT2D eigenvalue weighted by atomic mass is 32.1. The number of imidazole rings is 1. The number of rotatable bonds is 3. The molecule has 0 saturated heterocycles. The van der Waals surface area contributed by atoms with E-state index >= 15 is 0 Å². The second kappa shape index (κ2) is 5.95. The molecule has 0 radical (unpaired) electrons. The zero-order valence-corrected chi connectivity index (χ0v) is 14.8. The van der Waals surface area contributed by atoms with Crippen molar-refractivity contribution >= 4 is 27.5 Å². The van der Waals surface area contributed by atoms with Crippen molar-refractivity contribution in [1.82, 2.24) is 19.9 Å². The molecular weight excluding hydrogens is 332 g/mol. The minimum Gasteiger partial charge on any atom is -0.348 e. The number of nitrogens with one attached hydrogen (secondary N) is 1. The Bertz CT molecular complexity index is 893. The lowest BCUT2D eigenvalue weighted by atomic mass is 9.82. The fourth-order valence-electron chi connectivity index (χ4n) is 3.86. The molecule has 1 aliphatic heterocycles. The molecule has 128 valence electrons. The van der Waals surface area contributed by atoms with E-state index in [1.807, 2.05) is 23.1 Å². The van der Waals surface area contributed by atoms with Gasteiger partial charge in [0.2, 0.25) is 5.91 Å². The van der Waals surface area contributed by atoms with Crippen LogP contribution in [0.1, 0.15) is 48.1 Å². The number of carbonyl (C=O) groups excluding carboxylic acids is 1. The molecule has 5 nitrogen and oxygen atoms in total. The van der Waals surface area contributed by atoms with Crippen molar-refractivity contribution in [3.8, 4) is 0 Å². The van der Waals surface area contributed by atoms with Gasteiger partial charge in [0, 0.05) is 25.1 Å². The summed E-state index contributed by atoms with van der Waals surface area (Å²) in [5.41, 5.74) is 3.10. The van der Waals surface area contributed by atoms with Gasteiger partial charge in [-0.05, 0) is 30.9 Å². The minimum absolute atomic E-state index is 0.153. The zero-order valence-electron chi connectivity index (χ0n) is 13.9. The predicted molar refractivity (Wildman–Crippen MR) is 97.4 cm³/mol. The first-order valence-electron chi connectivity index (χ1n) is 8.96. The van der Waals surface area contributed by atoms with Crippen molar-refractivity contribution in [2.75, 3.05) is 6.54 Å². The van der Waals surface area contributed by atoms with Crippen LogP contribution in [-0.4, -0.2) is 32.3 Å². The van der Waals surface area contributed by atoms with E-state index in [1.54, 1.807) is 17.7 Å². The average Bonchev–Trinajstić information content (AvgIpc) is 3.22. The second-order valence-corrected chi connectivity index (χ2v) is 8.09. The number of fused-ring (bicyclic) bond motifs is 2. The topological polar surface area (TPSA) is 61.9 Å². The first-order chi connectivity index (χ1) is 12.3. The lowest BCUT2D eigenvalue weighted by Crippen LogP contribution is -2.41. The maximum Gasteiger partial charge on any atom is 0.223 e. The first-order valence-corrected chi connectivity index (χ1v) is 9.78. The number of carbonyl (C=O) groups is 1. The third-order valence-corrected chi connectivity index (χ3v) is 6.57. The molecule has 0 spiro atoms. The van der Waals surface area contributed by atoms with E-state index in [-0.39, 0.29) is 11.9 Å². The Morgan fingerprint density at radius 3 is 3.00 bits per heavy atom. The van der Waals surface area contributed by atoms with Crippen molar-refractivity contribution in [1.29, 1.82) is 0 Å². The van der Waals surface area contributed by atoms with E-state index in [9.17, 15) is 4.79 Å². The van der Waals surface area contributed by atoms with Gasteiger partial charge in [0.25, 0.3) is 0 Å². The van der Waals surface area contributed by atoms with Crippen molar-refractivity contribution < 1.29 is 4.79 Å². The monoisotopic (exact) mass is 352 g/mol. The van der Waals surface area contributed by atoms with Crippen LogP contribution in [0.25, 0.3) is 10.2 Å². The van der Waals surface area contributed by atoms with Gasteiger partial charge in [0.15, 0.2) is 0 Å². The summed E-state index contributed by atoms with van der Waals surface area (Å²) in [6, 6.07) is 8.01. The van der Waals surface area contributed by atoms with Gasteiger partial charge >= 0.3 is 0 Å². The Kier molecular flexibility index (Phi) is 3.59. The largest absolute Gasteiger partial charge is 0.348 e. The number of thiazole rings is 1. The van der Waals surface area contributed by atoms with Gasteiger partial charge < -0.3 is 9.88 Å². The molecule has 1 atom stereocenters. The Morgan fingerprint density at radius 2 is 2.20 bits per heavy atom. The van der Waals surface area contributed by atoms with Crippen LogP contribution in [0.15, 0.2) is 30.6 Å². The number of aromatic amines is 1. The SMILES string of the molecule is O=C(CC1CCC1)N1CCc2[nH]cnc2[C@H]1c1nc2ccccc2s1. The number of hydrogen-bond acceptors (Lipinski definition) is 4. The van der Waals surface area contributed by atoms with E-state index in [2.05, 4.69) is 16.0 Å². The molecule has 0 bridgehead atoms. The molecule has 5 rings (SSSR count). The first kappa shape index (κ1) is 15.1. The van der Waals surface area contributed by atoms with Crippen molar-refractivity contribution in [3.05, 3.63) is 47.0 Å². The number of para-hydroxylation sites is 1. The van der Waals surface area contributed by atoms with E-state index in [1.165, 1.54) is 19.3 Å². The number of amides is 1. The Hall–Kier alpha value is -2.21. The Morgan fingerprint density at radius 1 is 1.32 bits per heavy atom. The van der Waals surface area contributed by atoms with E-state index in [0.29, 0.717) is 12.3 Å². The van der Waals surface area contributed by atoms with Crippen molar-refractivity contribution in [2.24, 2.45) is 5.92 Å². The van der Waals surface area contributed by atoms with Crippen LogP contribution in [0.3, 0.4) is 0 Å². The van der Waals surface area contributed by atoms with Gasteiger partial charge in [-0.15, -0.1) is 11.3 Å². The molecular formula is C19H20N4OS. The Balaban J connectivity index is 1.54. The Labute approximate surface area is 150 Å². The fourth-order valence-corrected chi connectivity index (χ4v) is 4.95. The molecule has 1 saturated carbocycles. The number of nitrogens with zero attached hydrogens (tertiary/aromatic N) is 3. The van der Waals surface area contributed by atoms with Crippen LogP contribution >= 0.6 is 11.3 Å². The molecule has 2 aliphatic rings. The standard InChI is InChI=1S/C19H20N4OS/c24-16(10-12-4-3-5-12)23-9-8-14-17(21-11-20-14)18(23)19-22-13-6-1-2-7-15(13)25-19/h1-2,6-7,11-12,18H,3-5,8-10H2,(H,20,21)/t18-/m0/s1. The van der Waals surface area contributed by atoms with Gasteiger partial charge in [0.1, 0.15) is 11.0 Å². The second-order valence-electron chi connectivity index (χ2n) is 7.03. The fraction of sp³-hybridized carbons (Fsp3) is 0.421. The summed E-state index contributed by atoms with van der Waals surface area (Å²) in [6.07, 6.45) is 6.90. The molecule has 1 N–H and O–H groups in total. The average molecular weight is 352 g/mol. The van der Waals surface area contributed by atoms with Crippen LogP contribution in [-0.2, 0) is 11.2 Å². The molecule has 2 aromatic heterocycles. The lowest BCUT2D eigenvalue weighted by Gasteiger charge is -2.36. The van der Waals surface area contributed by atoms with Gasteiger partial charge in [-0.2, -0.15) is 0 Å². The smallest absolute Gasteiger partial charge is 0.223 e. The quantitative estimate of drug-likeness (QED) is 0.782. The molecule has 6 heteroatoms. The van der Waals surface area contributed by atoms with Crippen LogP contribution in [0, 0.1) is 5.92 Å². The highest BCUT2D eigenvalue weighted by molar-refractivity contribution is 7.18. The summed E-state index contributed by atoms with van der Waals surface area (Å²) in [7, 11) is 0. The lowest BCUT2D eigenvalue weighted by molar-refractivity contribution is -0.135. The number of aromatic nitrogens is 3. The summed E-state index contributed by atoms with van der Waals surface area (Å²) in [4.78, 5) is 27.6. The molecule has 1 fully saturated rings. The normalized spacial score (nSPS) is 20.5. The number of hydrogen-bond donors (Lipinski definition) is 1. The molecule has 1 amide bonds. The summed E-state index contributed by atoms with van der Waals surface area (Å²) < 4.78 is 1.16. The van der Waals surface area contributed by atoms with E-state index in [4.69, 9.17) is 4.98 Å². The predicted octanol–water partition coefficient (Wildman–Crippen LogP) is 3.68. The highest BCUT2D eigenvalue weighted by Gasteiger charge is 2.37. The molecule has 1 aliphatic carbocycles. The highest BCUT2D eigenvalue weighted by Crippen LogP contribution is 2.39. The molecule has 0 unspecified atom stereocenters. The summed E-state index contributed by atoms with van der Waals surface area (Å²) in [6.45, 7) is 0.737.